The van der Waals surface area contributed by atoms with Crippen molar-refractivity contribution >= 4 is 23.3 Å². The van der Waals surface area contributed by atoms with Crippen molar-refractivity contribution in [3.63, 3.8) is 0 Å². The minimum absolute atomic E-state index is 0.0565. The Balaban J connectivity index is 1.85. The lowest BCUT2D eigenvalue weighted by atomic mass is 10.1. The average molecular weight is 369 g/mol. The normalized spacial score (nSPS) is 11.4. The maximum absolute atomic E-state index is 12.1. The first kappa shape index (κ1) is 20.2. The summed E-state index contributed by atoms with van der Waals surface area (Å²) in [6.45, 7) is 6.48. The standard InChI is InChI=1S/C21H23NO5/c1-13-5-6-14(2)19(11-13)26-12-20(24)27-16(4)21(25)22-18-9-7-17(8-10-18)15(3)23/h5-11,16H,12H2,1-4H3,(H,22,25)/t16-/m1/s1. The van der Waals surface area contributed by atoms with E-state index in [1.165, 1.54) is 13.8 Å². The summed E-state index contributed by atoms with van der Waals surface area (Å²) in [4.78, 5) is 35.3. The van der Waals surface area contributed by atoms with E-state index in [0.717, 1.165) is 11.1 Å². The average Bonchev–Trinajstić information content (AvgIpc) is 2.62. The van der Waals surface area contributed by atoms with Crippen LogP contribution in [0, 0.1) is 13.8 Å². The van der Waals surface area contributed by atoms with Gasteiger partial charge < -0.3 is 14.8 Å². The van der Waals surface area contributed by atoms with Gasteiger partial charge in [-0.05, 0) is 69.2 Å². The van der Waals surface area contributed by atoms with Gasteiger partial charge in [0.05, 0.1) is 0 Å². The number of rotatable bonds is 7. The minimum Gasteiger partial charge on any atom is -0.482 e. The molecule has 0 aliphatic heterocycles. The molecule has 1 amide bonds. The number of nitrogens with one attached hydrogen (secondary N) is 1. The van der Waals surface area contributed by atoms with E-state index < -0.39 is 18.0 Å². The number of carbonyl (C=O) groups is 3. The minimum atomic E-state index is -0.979. The van der Waals surface area contributed by atoms with Gasteiger partial charge in [-0.2, -0.15) is 0 Å². The molecule has 0 aromatic heterocycles. The van der Waals surface area contributed by atoms with Crippen LogP contribution >= 0.6 is 0 Å². The van der Waals surface area contributed by atoms with E-state index in [0.29, 0.717) is 17.0 Å². The van der Waals surface area contributed by atoms with Gasteiger partial charge >= 0.3 is 5.97 Å². The van der Waals surface area contributed by atoms with E-state index in [2.05, 4.69) is 5.32 Å². The molecule has 0 spiro atoms. The van der Waals surface area contributed by atoms with Gasteiger partial charge in [-0.25, -0.2) is 4.79 Å². The van der Waals surface area contributed by atoms with Gasteiger partial charge in [0, 0.05) is 11.3 Å². The topological polar surface area (TPSA) is 81.7 Å². The number of carbonyl (C=O) groups excluding carboxylic acids is 3. The van der Waals surface area contributed by atoms with Gasteiger partial charge in [0.25, 0.3) is 5.91 Å². The maximum Gasteiger partial charge on any atom is 0.344 e. The van der Waals surface area contributed by atoms with Crippen molar-refractivity contribution in [2.75, 3.05) is 11.9 Å². The van der Waals surface area contributed by atoms with Crippen LogP contribution in [0.15, 0.2) is 42.5 Å². The Kier molecular flexibility index (Phi) is 6.71. The molecule has 0 heterocycles. The molecular formula is C21H23NO5. The lowest BCUT2D eigenvalue weighted by molar-refractivity contribution is -0.155. The molecule has 6 nitrogen and oxygen atoms in total. The molecule has 0 aliphatic carbocycles. The summed E-state index contributed by atoms with van der Waals surface area (Å²) in [7, 11) is 0. The third kappa shape index (κ3) is 5.95. The Morgan fingerprint density at radius 2 is 1.70 bits per heavy atom. The van der Waals surface area contributed by atoms with E-state index in [1.807, 2.05) is 32.0 Å². The molecule has 0 saturated carbocycles. The SMILES string of the molecule is CC(=O)c1ccc(NC(=O)[C@@H](C)OC(=O)COc2cc(C)ccc2C)cc1. The van der Waals surface area contributed by atoms with E-state index in [-0.39, 0.29) is 12.4 Å². The van der Waals surface area contributed by atoms with E-state index in [1.54, 1.807) is 24.3 Å². The molecule has 0 radical (unpaired) electrons. The van der Waals surface area contributed by atoms with Crippen molar-refractivity contribution in [1.29, 1.82) is 0 Å². The summed E-state index contributed by atoms with van der Waals surface area (Å²) >= 11 is 0. The Hall–Kier alpha value is -3.15. The number of ketones is 1. The summed E-state index contributed by atoms with van der Waals surface area (Å²) in [5, 5.41) is 2.64. The number of esters is 1. The summed E-state index contributed by atoms with van der Waals surface area (Å²) in [6, 6.07) is 12.2. The zero-order valence-electron chi connectivity index (χ0n) is 15.9. The van der Waals surface area contributed by atoms with Crippen LogP contribution in [0.4, 0.5) is 5.69 Å². The van der Waals surface area contributed by atoms with Crippen LogP contribution in [-0.2, 0) is 14.3 Å². The fourth-order valence-electron chi connectivity index (χ4n) is 2.32. The molecule has 1 N–H and O–H groups in total. The first-order valence-electron chi connectivity index (χ1n) is 8.57. The van der Waals surface area contributed by atoms with Crippen LogP contribution in [0.5, 0.6) is 5.75 Å². The van der Waals surface area contributed by atoms with Crippen LogP contribution < -0.4 is 10.1 Å². The Morgan fingerprint density at radius 1 is 1.04 bits per heavy atom. The number of aryl methyl sites for hydroxylation is 2. The Morgan fingerprint density at radius 3 is 2.33 bits per heavy atom. The molecule has 0 fully saturated rings. The number of ether oxygens (including phenoxy) is 2. The van der Waals surface area contributed by atoms with Crippen LogP contribution in [0.25, 0.3) is 0 Å². The van der Waals surface area contributed by atoms with E-state index in [9.17, 15) is 14.4 Å². The second-order valence-corrected chi connectivity index (χ2v) is 6.31. The Bertz CT molecular complexity index is 842. The molecule has 1 atom stereocenters. The van der Waals surface area contributed by atoms with Crippen molar-refractivity contribution in [2.45, 2.75) is 33.8 Å². The largest absolute Gasteiger partial charge is 0.482 e. The molecule has 2 aromatic rings. The molecule has 142 valence electrons. The number of anilines is 1. The summed E-state index contributed by atoms with van der Waals surface area (Å²) in [5.74, 6) is -0.551. The van der Waals surface area contributed by atoms with E-state index >= 15 is 0 Å². The number of hydrogen-bond acceptors (Lipinski definition) is 5. The lowest BCUT2D eigenvalue weighted by Gasteiger charge is -2.14. The third-order valence-corrected chi connectivity index (χ3v) is 3.93. The molecule has 27 heavy (non-hydrogen) atoms. The fraction of sp³-hybridized carbons (Fsp3) is 0.286. The van der Waals surface area contributed by atoms with Crippen LogP contribution in [0.2, 0.25) is 0 Å². The van der Waals surface area contributed by atoms with Gasteiger partial charge in [-0.15, -0.1) is 0 Å². The number of benzene rings is 2. The summed E-state index contributed by atoms with van der Waals surface area (Å²) in [5.41, 5.74) is 3.00. The monoisotopic (exact) mass is 369 g/mol. The van der Waals surface area contributed by atoms with Gasteiger partial charge in [0.15, 0.2) is 18.5 Å². The lowest BCUT2D eigenvalue weighted by Crippen LogP contribution is -2.31. The van der Waals surface area contributed by atoms with E-state index in [4.69, 9.17) is 9.47 Å². The third-order valence-electron chi connectivity index (χ3n) is 3.93. The van der Waals surface area contributed by atoms with Crippen LogP contribution in [-0.4, -0.2) is 30.4 Å². The summed E-state index contributed by atoms with van der Waals surface area (Å²) < 4.78 is 10.6. The molecule has 0 unspecified atom stereocenters. The molecule has 0 bridgehead atoms. The van der Waals surface area contributed by atoms with Gasteiger partial charge in [-0.1, -0.05) is 12.1 Å². The predicted octanol–water partition coefficient (Wildman–Crippen LogP) is 3.46. The highest BCUT2D eigenvalue weighted by molar-refractivity contribution is 5.97. The predicted molar refractivity (Wildman–Crippen MR) is 102 cm³/mol. The number of amides is 1. The number of Topliss-reactive ketones (excluding diaryl/α,β-unsaturated/α-hetero) is 1. The highest BCUT2D eigenvalue weighted by Gasteiger charge is 2.18. The smallest absolute Gasteiger partial charge is 0.344 e. The molecule has 2 aromatic carbocycles. The van der Waals surface area contributed by atoms with Crippen molar-refractivity contribution < 1.29 is 23.9 Å². The van der Waals surface area contributed by atoms with Crippen LogP contribution in [0.3, 0.4) is 0 Å². The molecule has 6 heteroatoms. The first-order chi connectivity index (χ1) is 12.8. The number of hydrogen-bond donors (Lipinski definition) is 1. The molecule has 0 aliphatic rings. The van der Waals surface area contributed by atoms with Crippen molar-refractivity contribution in [2.24, 2.45) is 0 Å². The Labute approximate surface area is 158 Å². The zero-order valence-corrected chi connectivity index (χ0v) is 15.9. The summed E-state index contributed by atoms with van der Waals surface area (Å²) in [6.07, 6.45) is -0.979. The van der Waals surface area contributed by atoms with Gasteiger partial charge in [0.2, 0.25) is 0 Å². The quantitative estimate of drug-likeness (QED) is 0.597. The van der Waals surface area contributed by atoms with Crippen LogP contribution in [0.1, 0.15) is 35.3 Å². The fourth-order valence-corrected chi connectivity index (χ4v) is 2.32. The molecule has 0 saturated heterocycles. The maximum atomic E-state index is 12.1. The highest BCUT2D eigenvalue weighted by atomic mass is 16.6. The van der Waals surface area contributed by atoms with Crippen molar-refractivity contribution in [3.8, 4) is 5.75 Å². The molecule has 2 rings (SSSR count). The van der Waals surface area contributed by atoms with Gasteiger partial charge in [-0.3, -0.25) is 9.59 Å². The second kappa shape index (κ2) is 8.98. The second-order valence-electron chi connectivity index (χ2n) is 6.31. The molecular weight excluding hydrogens is 346 g/mol. The van der Waals surface area contributed by atoms with Crippen molar-refractivity contribution in [1.82, 2.24) is 0 Å². The first-order valence-corrected chi connectivity index (χ1v) is 8.57. The highest BCUT2D eigenvalue weighted by Crippen LogP contribution is 2.19. The van der Waals surface area contributed by atoms with Gasteiger partial charge in [0.1, 0.15) is 5.75 Å². The zero-order chi connectivity index (χ0) is 20.0. The van der Waals surface area contributed by atoms with Crippen molar-refractivity contribution in [3.05, 3.63) is 59.2 Å².